The fourth-order valence-electron chi connectivity index (χ4n) is 4.36. The van der Waals surface area contributed by atoms with Gasteiger partial charge in [-0.25, -0.2) is 0 Å². The molecule has 2 heteroatoms. The molecule has 1 N–H and O–H groups in total. The minimum atomic E-state index is -0.179. The molecule has 2 nitrogen and oxygen atoms in total. The number of ether oxygens (including phenoxy) is 1. The van der Waals surface area contributed by atoms with E-state index in [9.17, 15) is 5.11 Å². The van der Waals surface area contributed by atoms with Gasteiger partial charge in [0.05, 0.1) is 6.10 Å². The summed E-state index contributed by atoms with van der Waals surface area (Å²) in [5.41, 5.74) is 3.95. The molecule has 1 aliphatic carbocycles. The smallest absolute Gasteiger partial charge is 0.123 e. The second-order valence-corrected chi connectivity index (χ2v) is 9.03. The van der Waals surface area contributed by atoms with Crippen molar-refractivity contribution in [2.75, 3.05) is 0 Å². The lowest BCUT2D eigenvalue weighted by Crippen LogP contribution is -2.20. The minimum Gasteiger partial charge on any atom is -0.489 e. The van der Waals surface area contributed by atoms with E-state index in [1.165, 1.54) is 36.0 Å². The molecule has 0 bridgehead atoms. The highest BCUT2D eigenvalue weighted by atomic mass is 16.5. The zero-order valence-corrected chi connectivity index (χ0v) is 17.8. The number of aliphatic hydroxyl groups excluding tert-OH is 1. The third-order valence-electron chi connectivity index (χ3n) is 6.27. The van der Waals surface area contributed by atoms with Crippen molar-refractivity contribution in [3.8, 4) is 5.75 Å². The van der Waals surface area contributed by atoms with Gasteiger partial charge >= 0.3 is 0 Å². The van der Waals surface area contributed by atoms with E-state index >= 15 is 0 Å². The summed E-state index contributed by atoms with van der Waals surface area (Å²) in [6, 6.07) is 17.2. The summed E-state index contributed by atoms with van der Waals surface area (Å²) in [5.74, 6) is 1.40. The van der Waals surface area contributed by atoms with Crippen LogP contribution in [0.4, 0.5) is 0 Å². The van der Waals surface area contributed by atoms with Gasteiger partial charge in [-0.2, -0.15) is 0 Å². The van der Waals surface area contributed by atoms with Crippen molar-refractivity contribution in [3.05, 3.63) is 65.2 Å². The third-order valence-corrected chi connectivity index (χ3v) is 6.27. The van der Waals surface area contributed by atoms with Crippen molar-refractivity contribution in [1.29, 1.82) is 0 Å². The molecule has 2 aromatic rings. The van der Waals surface area contributed by atoms with Crippen molar-refractivity contribution >= 4 is 0 Å². The maximum Gasteiger partial charge on any atom is 0.123 e. The van der Waals surface area contributed by atoms with Gasteiger partial charge < -0.3 is 9.84 Å². The molecular formula is C26H36O2. The summed E-state index contributed by atoms with van der Waals surface area (Å²) in [7, 11) is 0. The molecule has 28 heavy (non-hydrogen) atoms. The van der Waals surface area contributed by atoms with Gasteiger partial charge in [0.15, 0.2) is 0 Å². The molecule has 0 aromatic heterocycles. The van der Waals surface area contributed by atoms with Gasteiger partial charge in [0.2, 0.25) is 0 Å². The summed E-state index contributed by atoms with van der Waals surface area (Å²) in [5, 5.41) is 10.2. The molecule has 0 aliphatic heterocycles. The van der Waals surface area contributed by atoms with Crippen molar-refractivity contribution in [1.82, 2.24) is 0 Å². The van der Waals surface area contributed by atoms with Crippen LogP contribution in [-0.4, -0.2) is 11.2 Å². The Morgan fingerprint density at radius 2 is 1.86 bits per heavy atom. The Morgan fingerprint density at radius 1 is 1.07 bits per heavy atom. The summed E-state index contributed by atoms with van der Waals surface area (Å²) in [4.78, 5) is 0. The first-order valence-electron chi connectivity index (χ1n) is 11.0. The first-order chi connectivity index (χ1) is 13.5. The molecule has 1 aliphatic rings. The van der Waals surface area contributed by atoms with E-state index in [-0.39, 0.29) is 11.5 Å². The predicted molar refractivity (Wildman–Crippen MR) is 117 cm³/mol. The van der Waals surface area contributed by atoms with Crippen LogP contribution in [0.1, 0.15) is 88.3 Å². The largest absolute Gasteiger partial charge is 0.489 e. The van der Waals surface area contributed by atoms with Crippen molar-refractivity contribution in [2.45, 2.75) is 89.8 Å². The van der Waals surface area contributed by atoms with E-state index in [4.69, 9.17) is 4.74 Å². The van der Waals surface area contributed by atoms with Crippen molar-refractivity contribution in [3.63, 3.8) is 0 Å². The first-order valence-corrected chi connectivity index (χ1v) is 11.0. The normalized spacial score (nSPS) is 20.1. The maximum absolute atomic E-state index is 10.2. The van der Waals surface area contributed by atoms with Crippen LogP contribution in [0.25, 0.3) is 0 Å². The quantitative estimate of drug-likeness (QED) is 0.549. The lowest BCUT2D eigenvalue weighted by molar-refractivity contribution is 0.118. The number of unbranched alkanes of at least 4 members (excludes halogenated alkanes) is 1. The molecule has 1 fully saturated rings. The highest BCUT2D eigenvalue weighted by Gasteiger charge is 2.27. The molecule has 152 valence electrons. The van der Waals surface area contributed by atoms with Gasteiger partial charge in [-0.1, -0.05) is 82.5 Å². The van der Waals surface area contributed by atoms with Crippen LogP contribution in [0.2, 0.25) is 0 Å². The summed E-state index contributed by atoms with van der Waals surface area (Å²) < 4.78 is 6.37. The average Bonchev–Trinajstić information content (AvgIpc) is 2.71. The monoisotopic (exact) mass is 380 g/mol. The highest BCUT2D eigenvalue weighted by Crippen LogP contribution is 2.40. The van der Waals surface area contributed by atoms with Gasteiger partial charge in [-0.15, -0.1) is 0 Å². The summed E-state index contributed by atoms with van der Waals surface area (Å²) >= 11 is 0. The standard InChI is InChI=1S/C26H36O2/c1-4-5-16-26(2,3)22-14-15-24(21-12-9-13-23(27)17-21)25(18-22)28-19-20-10-7-6-8-11-20/h6-8,10-11,14-15,18,21,23,27H,4-5,9,12-13,16-17,19H2,1-3H3/t21-,23-/m1/s1. The average molecular weight is 381 g/mol. The zero-order chi connectivity index (χ0) is 20.0. The van der Waals surface area contributed by atoms with Crippen molar-refractivity contribution < 1.29 is 9.84 Å². The van der Waals surface area contributed by atoms with Gasteiger partial charge in [0.25, 0.3) is 0 Å². The Balaban J connectivity index is 1.87. The molecule has 0 unspecified atom stereocenters. The Hall–Kier alpha value is -1.80. The first kappa shape index (κ1) is 20.9. The Morgan fingerprint density at radius 3 is 2.57 bits per heavy atom. The molecular weight excluding hydrogens is 344 g/mol. The number of rotatable bonds is 8. The SMILES string of the molecule is CCCCC(C)(C)c1ccc([C@@H]2CCC[C@@H](O)C2)c(OCc2ccccc2)c1. The summed E-state index contributed by atoms with van der Waals surface area (Å²) in [6.07, 6.45) is 7.47. The molecule has 0 heterocycles. The van der Waals surface area contributed by atoms with Crippen LogP contribution in [-0.2, 0) is 12.0 Å². The number of hydrogen-bond acceptors (Lipinski definition) is 2. The van der Waals surface area contributed by atoms with Crippen LogP contribution in [0.15, 0.2) is 48.5 Å². The maximum atomic E-state index is 10.2. The Kier molecular flexibility index (Phi) is 7.18. The highest BCUT2D eigenvalue weighted by molar-refractivity contribution is 5.43. The van der Waals surface area contributed by atoms with E-state index in [0.717, 1.165) is 31.4 Å². The van der Waals surface area contributed by atoms with Crippen LogP contribution < -0.4 is 4.74 Å². The van der Waals surface area contributed by atoms with Gasteiger partial charge in [-0.3, -0.25) is 0 Å². The molecule has 1 saturated carbocycles. The van der Waals surface area contributed by atoms with E-state index < -0.39 is 0 Å². The predicted octanol–water partition coefficient (Wildman–Crippen LogP) is 6.75. The van der Waals surface area contributed by atoms with E-state index in [1.807, 2.05) is 6.07 Å². The number of aliphatic hydroxyl groups is 1. The van der Waals surface area contributed by atoms with Crippen LogP contribution in [0.3, 0.4) is 0 Å². The second kappa shape index (κ2) is 9.60. The second-order valence-electron chi connectivity index (χ2n) is 9.03. The molecule has 2 atom stereocenters. The fraction of sp³-hybridized carbons (Fsp3) is 0.538. The number of benzene rings is 2. The van der Waals surface area contributed by atoms with Crippen LogP contribution in [0.5, 0.6) is 5.75 Å². The molecule has 0 amide bonds. The van der Waals surface area contributed by atoms with Crippen LogP contribution >= 0.6 is 0 Å². The number of hydrogen-bond donors (Lipinski definition) is 1. The molecule has 0 spiro atoms. The molecule has 0 radical (unpaired) electrons. The lowest BCUT2D eigenvalue weighted by Gasteiger charge is -2.30. The lowest BCUT2D eigenvalue weighted by atomic mass is 9.77. The topological polar surface area (TPSA) is 29.5 Å². The minimum absolute atomic E-state index is 0.144. The van der Waals surface area contributed by atoms with E-state index in [0.29, 0.717) is 12.5 Å². The van der Waals surface area contributed by atoms with Crippen molar-refractivity contribution in [2.24, 2.45) is 0 Å². The van der Waals surface area contributed by atoms with Gasteiger partial charge in [-0.05, 0) is 59.8 Å². The fourth-order valence-corrected chi connectivity index (χ4v) is 4.36. The Bertz CT molecular complexity index is 735. The van der Waals surface area contributed by atoms with E-state index in [2.05, 4.69) is 63.2 Å². The molecule has 3 rings (SSSR count). The zero-order valence-electron chi connectivity index (χ0n) is 17.8. The third kappa shape index (κ3) is 5.38. The summed E-state index contributed by atoms with van der Waals surface area (Å²) in [6.45, 7) is 7.51. The van der Waals surface area contributed by atoms with Gasteiger partial charge in [0.1, 0.15) is 12.4 Å². The molecule has 0 saturated heterocycles. The van der Waals surface area contributed by atoms with Gasteiger partial charge in [0, 0.05) is 0 Å². The Labute approximate surface area is 170 Å². The van der Waals surface area contributed by atoms with E-state index in [1.54, 1.807) is 0 Å². The van der Waals surface area contributed by atoms with Crippen LogP contribution in [0, 0.1) is 0 Å². The molecule has 2 aromatic carbocycles.